The lowest BCUT2D eigenvalue weighted by Gasteiger charge is -2.25. The first kappa shape index (κ1) is 41.9. The highest BCUT2D eigenvalue weighted by Crippen LogP contribution is 2.46. The highest BCUT2D eigenvalue weighted by Gasteiger charge is 2.32. The SMILES string of the molecule is Cc1cc(C(F)(F)F)ccc1-c1c(-n2c3cc(C(C)(C)C)ccc3c3ccc(C(C)(C)C)cc32)cc(C#N)cc1-n1c2cc(C(C)(C)C)ccc2c2ccc(C(C)(C)C)cc21. The summed E-state index contributed by atoms with van der Waals surface area (Å²) in [5.74, 6) is 0. The van der Waals surface area contributed by atoms with Crippen molar-refractivity contribution in [2.75, 3.05) is 0 Å². The Morgan fingerprint density at radius 1 is 0.426 bits per heavy atom. The van der Waals surface area contributed by atoms with Crippen LogP contribution in [0.15, 0.2) is 103 Å². The van der Waals surface area contributed by atoms with Crippen molar-refractivity contribution in [1.82, 2.24) is 9.13 Å². The molecular formula is C55H56F3N3. The maximum absolute atomic E-state index is 14.4. The van der Waals surface area contributed by atoms with Gasteiger partial charge in [-0.25, -0.2) is 0 Å². The molecular weight excluding hydrogens is 760 g/mol. The van der Waals surface area contributed by atoms with Crippen LogP contribution >= 0.6 is 0 Å². The van der Waals surface area contributed by atoms with E-state index < -0.39 is 11.7 Å². The van der Waals surface area contributed by atoms with Crippen molar-refractivity contribution in [3.63, 3.8) is 0 Å². The third kappa shape index (κ3) is 7.20. The highest BCUT2D eigenvalue weighted by atomic mass is 19.4. The predicted octanol–water partition coefficient (Wildman–Crippen LogP) is 15.9. The number of aromatic nitrogens is 2. The molecule has 0 atom stereocenters. The molecule has 61 heavy (non-hydrogen) atoms. The molecule has 312 valence electrons. The summed E-state index contributed by atoms with van der Waals surface area (Å²) in [6.45, 7) is 28.1. The van der Waals surface area contributed by atoms with Gasteiger partial charge in [0.15, 0.2) is 0 Å². The maximum Gasteiger partial charge on any atom is 0.416 e. The van der Waals surface area contributed by atoms with Crippen molar-refractivity contribution in [2.45, 2.75) is 118 Å². The molecule has 0 unspecified atom stereocenters. The predicted molar refractivity (Wildman–Crippen MR) is 250 cm³/mol. The molecule has 6 aromatic carbocycles. The van der Waals surface area contributed by atoms with Crippen LogP contribution in [0.5, 0.6) is 0 Å². The molecule has 2 aromatic heterocycles. The molecule has 0 saturated carbocycles. The Morgan fingerprint density at radius 2 is 0.738 bits per heavy atom. The second kappa shape index (κ2) is 13.9. The zero-order chi connectivity index (χ0) is 44.4. The minimum atomic E-state index is -4.52. The number of rotatable bonds is 3. The Kier molecular flexibility index (Phi) is 9.52. The van der Waals surface area contributed by atoms with Gasteiger partial charge in [-0.2, -0.15) is 18.4 Å². The summed E-state index contributed by atoms with van der Waals surface area (Å²) in [6.07, 6.45) is -4.52. The third-order valence-electron chi connectivity index (χ3n) is 12.5. The van der Waals surface area contributed by atoms with Gasteiger partial charge in [0.05, 0.1) is 50.6 Å². The van der Waals surface area contributed by atoms with Crippen LogP contribution < -0.4 is 0 Å². The molecule has 0 aliphatic heterocycles. The third-order valence-corrected chi connectivity index (χ3v) is 12.5. The van der Waals surface area contributed by atoms with Gasteiger partial charge in [0.25, 0.3) is 0 Å². The smallest absolute Gasteiger partial charge is 0.308 e. The van der Waals surface area contributed by atoms with Crippen LogP contribution in [0.25, 0.3) is 66.1 Å². The van der Waals surface area contributed by atoms with E-state index in [0.29, 0.717) is 16.7 Å². The second-order valence-electron chi connectivity index (χ2n) is 21.1. The molecule has 0 bridgehead atoms. The van der Waals surface area contributed by atoms with E-state index in [9.17, 15) is 18.4 Å². The van der Waals surface area contributed by atoms with Crippen molar-refractivity contribution in [1.29, 1.82) is 5.26 Å². The Morgan fingerprint density at radius 3 is 1.00 bits per heavy atom. The number of aryl methyl sites for hydroxylation is 1. The molecule has 0 amide bonds. The summed E-state index contributed by atoms with van der Waals surface area (Å²) in [5, 5.41) is 15.2. The first-order valence-electron chi connectivity index (χ1n) is 21.2. The van der Waals surface area contributed by atoms with Crippen molar-refractivity contribution in [3.05, 3.63) is 142 Å². The second-order valence-corrected chi connectivity index (χ2v) is 21.1. The van der Waals surface area contributed by atoms with Crippen LogP contribution in [0.1, 0.15) is 122 Å². The van der Waals surface area contributed by atoms with Gasteiger partial charge in [0.1, 0.15) is 0 Å². The molecule has 0 N–H and O–H groups in total. The quantitative estimate of drug-likeness (QED) is 0.175. The fourth-order valence-electron chi connectivity index (χ4n) is 8.85. The van der Waals surface area contributed by atoms with Gasteiger partial charge in [0.2, 0.25) is 0 Å². The monoisotopic (exact) mass is 815 g/mol. The molecule has 0 fully saturated rings. The normalized spacial score (nSPS) is 13.2. The van der Waals surface area contributed by atoms with Crippen LogP contribution in [0, 0.1) is 18.3 Å². The van der Waals surface area contributed by atoms with Crippen LogP contribution in [0.2, 0.25) is 0 Å². The van der Waals surface area contributed by atoms with E-state index in [2.05, 4.69) is 171 Å². The first-order chi connectivity index (χ1) is 28.3. The van der Waals surface area contributed by atoms with Crippen LogP contribution in [-0.4, -0.2) is 9.13 Å². The average Bonchev–Trinajstić information content (AvgIpc) is 3.67. The standard InChI is InChI=1S/C55H56F3N3/c1-32-24-38(55(56,57)58)18-19-39(32)50-48(60-44-27-34(51(2,3)4)14-20-40(44)41-21-15-35(28-45(41)60)52(5,6)7)25-33(31-59)26-49(50)61-46-29-36(53(8,9)10)16-22-42(46)43-23-17-37(30-47(43)61)54(11,12)13/h14-30H,1-13H3. The number of hydrogen-bond donors (Lipinski definition) is 0. The topological polar surface area (TPSA) is 33.6 Å². The van der Waals surface area contributed by atoms with Crippen LogP contribution in [0.3, 0.4) is 0 Å². The van der Waals surface area contributed by atoms with E-state index in [4.69, 9.17) is 0 Å². The van der Waals surface area contributed by atoms with Crippen LogP contribution in [-0.2, 0) is 27.8 Å². The molecule has 8 aromatic rings. The summed E-state index contributed by atoms with van der Waals surface area (Å²) < 4.78 is 47.7. The van der Waals surface area contributed by atoms with E-state index in [0.717, 1.165) is 82.8 Å². The van der Waals surface area contributed by atoms with Crippen molar-refractivity contribution in [3.8, 4) is 28.6 Å². The molecule has 0 aliphatic rings. The highest BCUT2D eigenvalue weighted by molar-refractivity contribution is 6.12. The van der Waals surface area contributed by atoms with Crippen LogP contribution in [0.4, 0.5) is 13.2 Å². The van der Waals surface area contributed by atoms with Gasteiger partial charge in [-0.15, -0.1) is 0 Å². The maximum atomic E-state index is 14.4. The molecule has 0 spiro atoms. The van der Waals surface area contributed by atoms with Crippen molar-refractivity contribution in [2.24, 2.45) is 0 Å². The van der Waals surface area contributed by atoms with Gasteiger partial charge >= 0.3 is 6.18 Å². The summed E-state index contributed by atoms with van der Waals surface area (Å²) in [7, 11) is 0. The molecule has 0 saturated heterocycles. The minimum Gasteiger partial charge on any atom is -0.308 e. The minimum absolute atomic E-state index is 0.170. The zero-order valence-corrected chi connectivity index (χ0v) is 37.8. The van der Waals surface area contributed by atoms with E-state index in [1.165, 1.54) is 12.1 Å². The number of fused-ring (bicyclic) bond motifs is 6. The number of benzene rings is 6. The average molecular weight is 816 g/mol. The lowest BCUT2D eigenvalue weighted by molar-refractivity contribution is -0.137. The fourth-order valence-corrected chi connectivity index (χ4v) is 8.85. The van der Waals surface area contributed by atoms with Crippen molar-refractivity contribution < 1.29 is 13.2 Å². The van der Waals surface area contributed by atoms with E-state index in [-0.39, 0.29) is 21.7 Å². The van der Waals surface area contributed by atoms with E-state index in [1.54, 1.807) is 13.0 Å². The lowest BCUT2D eigenvalue weighted by Crippen LogP contribution is -2.12. The fraction of sp³-hybridized carbons (Fsp3) is 0.327. The first-order valence-corrected chi connectivity index (χ1v) is 21.2. The van der Waals surface area contributed by atoms with Gasteiger partial charge in [-0.05, 0) is 110 Å². The Balaban J connectivity index is 1.65. The Hall–Kier alpha value is -5.80. The van der Waals surface area contributed by atoms with E-state index in [1.807, 2.05) is 12.1 Å². The Bertz CT molecular complexity index is 2800. The molecule has 8 rings (SSSR count). The van der Waals surface area contributed by atoms with Gasteiger partial charge in [-0.3, -0.25) is 0 Å². The molecule has 0 aliphatic carbocycles. The number of alkyl halides is 3. The summed E-state index contributed by atoms with van der Waals surface area (Å²) in [4.78, 5) is 0. The number of halogens is 3. The van der Waals surface area contributed by atoms with Gasteiger partial charge < -0.3 is 9.13 Å². The number of nitriles is 1. The van der Waals surface area contributed by atoms with Gasteiger partial charge in [-0.1, -0.05) is 138 Å². The molecule has 3 nitrogen and oxygen atoms in total. The van der Waals surface area contributed by atoms with E-state index >= 15 is 0 Å². The lowest BCUT2D eigenvalue weighted by atomic mass is 9.86. The molecule has 2 heterocycles. The summed E-state index contributed by atoms with van der Waals surface area (Å²) in [5.41, 5.74) is 10.9. The number of hydrogen-bond acceptors (Lipinski definition) is 1. The largest absolute Gasteiger partial charge is 0.416 e. The number of nitrogens with zero attached hydrogens (tertiary/aromatic N) is 3. The Labute approximate surface area is 358 Å². The molecule has 0 radical (unpaired) electrons. The van der Waals surface area contributed by atoms with Gasteiger partial charge in [0, 0.05) is 27.1 Å². The zero-order valence-electron chi connectivity index (χ0n) is 37.8. The summed E-state index contributed by atoms with van der Waals surface area (Å²) >= 11 is 0. The summed E-state index contributed by atoms with van der Waals surface area (Å²) in [6, 6.07) is 37.0. The molecule has 6 heteroatoms. The van der Waals surface area contributed by atoms with Crippen molar-refractivity contribution >= 4 is 43.6 Å².